The van der Waals surface area contributed by atoms with Gasteiger partial charge in [0.2, 0.25) is 11.8 Å². The molecular weight excluding hydrogens is 377 g/mol. The maximum atomic E-state index is 12.4. The molecule has 0 aromatic heterocycles. The topological polar surface area (TPSA) is 75.7 Å². The van der Waals surface area contributed by atoms with Crippen LogP contribution in [0.15, 0.2) is 48.5 Å². The Morgan fingerprint density at radius 1 is 1.07 bits per heavy atom. The molecule has 3 rings (SSSR count). The Balaban J connectivity index is 1.56. The fourth-order valence-electron chi connectivity index (χ4n) is 2.80. The van der Waals surface area contributed by atoms with Crippen molar-refractivity contribution < 1.29 is 32.3 Å². The van der Waals surface area contributed by atoms with Gasteiger partial charge < -0.3 is 10.1 Å². The van der Waals surface area contributed by atoms with Gasteiger partial charge in [0.15, 0.2) is 0 Å². The molecular formula is C19H15F3N2O4. The number of nitrogens with zero attached hydrogens (tertiary/aromatic N) is 1. The van der Waals surface area contributed by atoms with E-state index in [2.05, 4.69) is 10.1 Å². The molecule has 28 heavy (non-hydrogen) atoms. The van der Waals surface area contributed by atoms with E-state index in [4.69, 9.17) is 0 Å². The van der Waals surface area contributed by atoms with Crippen molar-refractivity contribution in [2.45, 2.75) is 19.2 Å². The zero-order valence-electron chi connectivity index (χ0n) is 14.5. The smallest absolute Gasteiger partial charge is 0.406 e. The highest BCUT2D eigenvalue weighted by atomic mass is 19.4. The number of halogens is 3. The van der Waals surface area contributed by atoms with Gasteiger partial charge in [0.05, 0.1) is 6.42 Å². The lowest BCUT2D eigenvalue weighted by molar-refractivity contribution is -0.274. The molecule has 1 N–H and O–H groups in total. The monoisotopic (exact) mass is 392 g/mol. The minimum atomic E-state index is -4.79. The van der Waals surface area contributed by atoms with Crippen molar-refractivity contribution in [1.29, 1.82) is 0 Å². The number of carbonyl (C=O) groups is 3. The van der Waals surface area contributed by atoms with Gasteiger partial charge >= 0.3 is 6.36 Å². The third-order valence-corrected chi connectivity index (χ3v) is 4.07. The predicted molar refractivity (Wildman–Crippen MR) is 92.6 cm³/mol. The summed E-state index contributed by atoms with van der Waals surface area (Å²) < 4.78 is 40.1. The molecule has 3 amide bonds. The third kappa shape index (κ3) is 4.67. The molecule has 0 saturated carbocycles. The molecule has 1 aliphatic heterocycles. The number of ether oxygens (including phenoxy) is 1. The Morgan fingerprint density at radius 3 is 2.43 bits per heavy atom. The van der Waals surface area contributed by atoms with Gasteiger partial charge in [-0.15, -0.1) is 13.2 Å². The summed E-state index contributed by atoms with van der Waals surface area (Å²) >= 11 is 0. The normalized spacial score (nSPS) is 13.9. The quantitative estimate of drug-likeness (QED) is 0.794. The number of amides is 3. The number of rotatable bonds is 5. The Hall–Kier alpha value is -3.36. The van der Waals surface area contributed by atoms with E-state index in [9.17, 15) is 27.6 Å². The number of fused-ring (bicyclic) bond motifs is 1. The molecule has 1 aliphatic rings. The SMILES string of the molecule is O=C(CCN1C(=O)Cc2ccccc2C1=O)Nc1ccc(OC(F)(F)F)cc1. The summed E-state index contributed by atoms with van der Waals surface area (Å²) in [6.07, 6.45) is -4.85. The van der Waals surface area contributed by atoms with Crippen LogP contribution < -0.4 is 10.1 Å². The van der Waals surface area contributed by atoms with Crippen LogP contribution >= 0.6 is 0 Å². The van der Waals surface area contributed by atoms with Gasteiger partial charge in [0, 0.05) is 24.2 Å². The highest BCUT2D eigenvalue weighted by Crippen LogP contribution is 2.24. The fraction of sp³-hybridized carbons (Fsp3) is 0.211. The first kappa shape index (κ1) is 19.4. The van der Waals surface area contributed by atoms with Crippen LogP contribution in [-0.2, 0) is 16.0 Å². The van der Waals surface area contributed by atoms with Gasteiger partial charge in [-0.25, -0.2) is 0 Å². The van der Waals surface area contributed by atoms with E-state index in [1.54, 1.807) is 24.3 Å². The second-order valence-corrected chi connectivity index (χ2v) is 6.05. The van der Waals surface area contributed by atoms with E-state index in [0.717, 1.165) is 17.0 Å². The molecule has 0 atom stereocenters. The average molecular weight is 392 g/mol. The maximum absolute atomic E-state index is 12.4. The first-order valence-corrected chi connectivity index (χ1v) is 8.31. The highest BCUT2D eigenvalue weighted by Gasteiger charge is 2.31. The number of alkyl halides is 3. The van der Waals surface area contributed by atoms with Gasteiger partial charge in [-0.05, 0) is 35.9 Å². The van der Waals surface area contributed by atoms with Crippen molar-refractivity contribution in [3.63, 3.8) is 0 Å². The van der Waals surface area contributed by atoms with Crippen molar-refractivity contribution in [3.05, 3.63) is 59.7 Å². The number of anilines is 1. The summed E-state index contributed by atoms with van der Waals surface area (Å²) in [5, 5.41) is 2.50. The van der Waals surface area contributed by atoms with Crippen LogP contribution in [0.1, 0.15) is 22.3 Å². The van der Waals surface area contributed by atoms with Gasteiger partial charge in [-0.3, -0.25) is 19.3 Å². The first-order chi connectivity index (χ1) is 13.2. The van der Waals surface area contributed by atoms with Gasteiger partial charge in [0.25, 0.3) is 5.91 Å². The molecule has 2 aromatic carbocycles. The molecule has 0 saturated heterocycles. The zero-order chi connectivity index (χ0) is 20.3. The maximum Gasteiger partial charge on any atom is 0.573 e. The van der Waals surface area contributed by atoms with Crippen molar-refractivity contribution in [1.82, 2.24) is 4.90 Å². The minimum absolute atomic E-state index is 0.0875. The second kappa shape index (κ2) is 7.71. The molecule has 0 spiro atoms. The molecule has 0 fully saturated rings. The third-order valence-electron chi connectivity index (χ3n) is 4.07. The van der Waals surface area contributed by atoms with Crippen LogP contribution in [0.25, 0.3) is 0 Å². The molecule has 2 aromatic rings. The van der Waals surface area contributed by atoms with Crippen molar-refractivity contribution in [2.24, 2.45) is 0 Å². The van der Waals surface area contributed by atoms with E-state index in [1.165, 1.54) is 12.1 Å². The van der Waals surface area contributed by atoms with Gasteiger partial charge in [-0.1, -0.05) is 18.2 Å². The van der Waals surface area contributed by atoms with Gasteiger partial charge in [0.1, 0.15) is 5.75 Å². The number of imide groups is 1. The number of carbonyl (C=O) groups excluding carboxylic acids is 3. The Bertz CT molecular complexity index is 910. The number of nitrogens with one attached hydrogen (secondary N) is 1. The number of hydrogen-bond acceptors (Lipinski definition) is 4. The van der Waals surface area contributed by atoms with Crippen LogP contribution in [0.4, 0.5) is 18.9 Å². The largest absolute Gasteiger partial charge is 0.573 e. The molecule has 0 aliphatic carbocycles. The van der Waals surface area contributed by atoms with Crippen LogP contribution in [0.5, 0.6) is 5.75 Å². The average Bonchev–Trinajstić information content (AvgIpc) is 2.62. The van der Waals surface area contributed by atoms with Crippen molar-refractivity contribution >= 4 is 23.4 Å². The number of benzene rings is 2. The summed E-state index contributed by atoms with van der Waals surface area (Å²) in [5.41, 5.74) is 1.35. The Labute approximate surface area is 157 Å². The summed E-state index contributed by atoms with van der Waals surface area (Å²) in [5.74, 6) is -1.73. The van der Waals surface area contributed by atoms with E-state index < -0.39 is 23.9 Å². The van der Waals surface area contributed by atoms with Crippen LogP contribution in [0.2, 0.25) is 0 Å². The molecule has 9 heteroatoms. The zero-order valence-corrected chi connectivity index (χ0v) is 14.5. The Kier molecular flexibility index (Phi) is 5.34. The summed E-state index contributed by atoms with van der Waals surface area (Å²) in [7, 11) is 0. The standard InChI is InChI=1S/C19H15F3N2O4/c20-19(21,22)28-14-7-5-13(6-8-14)23-16(25)9-10-24-17(26)11-12-3-1-2-4-15(12)18(24)27/h1-8H,9-11H2,(H,23,25). The number of hydrogen-bond donors (Lipinski definition) is 1. The lowest BCUT2D eigenvalue weighted by atomic mass is 9.98. The van der Waals surface area contributed by atoms with Gasteiger partial charge in [-0.2, -0.15) is 0 Å². The molecule has 6 nitrogen and oxygen atoms in total. The van der Waals surface area contributed by atoms with E-state index >= 15 is 0 Å². The van der Waals surface area contributed by atoms with Crippen molar-refractivity contribution in [2.75, 3.05) is 11.9 Å². The summed E-state index contributed by atoms with van der Waals surface area (Å²) in [6, 6.07) is 11.4. The van der Waals surface area contributed by atoms with Crippen LogP contribution in [0.3, 0.4) is 0 Å². The first-order valence-electron chi connectivity index (χ1n) is 8.31. The lowest BCUT2D eigenvalue weighted by Gasteiger charge is -2.26. The van der Waals surface area contributed by atoms with E-state index in [0.29, 0.717) is 11.1 Å². The van der Waals surface area contributed by atoms with Crippen LogP contribution in [-0.4, -0.2) is 35.5 Å². The molecule has 0 unspecified atom stereocenters. The Morgan fingerprint density at radius 2 is 1.75 bits per heavy atom. The van der Waals surface area contributed by atoms with E-state index in [1.807, 2.05) is 0 Å². The minimum Gasteiger partial charge on any atom is -0.406 e. The summed E-state index contributed by atoms with van der Waals surface area (Å²) in [6.45, 7) is -0.0902. The fourth-order valence-corrected chi connectivity index (χ4v) is 2.80. The van der Waals surface area contributed by atoms with Crippen LogP contribution in [0, 0.1) is 0 Å². The predicted octanol–water partition coefficient (Wildman–Crippen LogP) is 3.14. The molecule has 1 heterocycles. The summed E-state index contributed by atoms with van der Waals surface area (Å²) in [4.78, 5) is 37.7. The molecule has 0 radical (unpaired) electrons. The highest BCUT2D eigenvalue weighted by molar-refractivity contribution is 6.10. The molecule has 146 valence electrons. The lowest BCUT2D eigenvalue weighted by Crippen LogP contribution is -2.43. The molecule has 0 bridgehead atoms. The second-order valence-electron chi connectivity index (χ2n) is 6.05. The van der Waals surface area contributed by atoms with Crippen molar-refractivity contribution in [3.8, 4) is 5.75 Å². The van der Waals surface area contributed by atoms with E-state index in [-0.39, 0.29) is 31.0 Å².